The van der Waals surface area contributed by atoms with Crippen molar-refractivity contribution in [2.45, 2.75) is 34.2 Å². The Bertz CT molecular complexity index is 876. The van der Waals surface area contributed by atoms with E-state index in [4.69, 9.17) is 9.15 Å². The van der Waals surface area contributed by atoms with Crippen LogP contribution in [0.5, 0.6) is 0 Å². The summed E-state index contributed by atoms with van der Waals surface area (Å²) in [6.45, 7) is 8.83. The van der Waals surface area contributed by atoms with E-state index in [9.17, 15) is 4.79 Å². The fraction of sp³-hybridized carbons (Fsp3) is 0.316. The minimum Gasteiger partial charge on any atom is -0.464 e. The lowest BCUT2D eigenvalue weighted by Crippen LogP contribution is -2.12. The van der Waals surface area contributed by atoms with Crippen LogP contribution >= 0.6 is 0 Å². The lowest BCUT2D eigenvalue weighted by molar-refractivity contribution is 0.0589. The maximum atomic E-state index is 12.1. The Morgan fingerprint density at radius 1 is 1.09 bits per heavy atom. The summed E-state index contributed by atoms with van der Waals surface area (Å²) in [4.78, 5) is 12.1. The molecule has 0 saturated heterocycles. The van der Waals surface area contributed by atoms with Crippen molar-refractivity contribution in [1.82, 2.24) is 4.57 Å². The lowest BCUT2D eigenvalue weighted by Gasteiger charge is -2.14. The molecule has 0 spiro atoms. The molecule has 0 aliphatic heterocycles. The molecule has 0 N–H and O–H groups in total. The quantitative estimate of drug-likeness (QED) is 0.677. The van der Waals surface area contributed by atoms with Crippen LogP contribution in [-0.4, -0.2) is 17.6 Å². The van der Waals surface area contributed by atoms with Gasteiger partial charge in [0.15, 0.2) is 5.58 Å². The lowest BCUT2D eigenvalue weighted by atomic mass is 10.00. The maximum Gasteiger partial charge on any atom is 0.354 e. The summed E-state index contributed by atoms with van der Waals surface area (Å²) in [5.41, 5.74) is 7.06. The van der Waals surface area contributed by atoms with E-state index in [1.807, 2.05) is 17.6 Å². The Kier molecular flexibility index (Phi) is 3.76. The predicted molar refractivity (Wildman–Crippen MR) is 90.0 cm³/mol. The van der Waals surface area contributed by atoms with Crippen molar-refractivity contribution in [3.8, 4) is 0 Å². The average molecular weight is 311 g/mol. The number of furan rings is 1. The zero-order chi connectivity index (χ0) is 16.7. The number of fused-ring (bicyclic) bond motifs is 1. The Labute approximate surface area is 135 Å². The number of carbonyl (C=O) groups excluding carboxylic acids is 1. The highest BCUT2D eigenvalue weighted by Crippen LogP contribution is 2.27. The maximum absolute atomic E-state index is 12.1. The third-order valence-corrected chi connectivity index (χ3v) is 4.26. The molecule has 2 heterocycles. The highest BCUT2D eigenvalue weighted by Gasteiger charge is 2.20. The molecule has 2 aromatic heterocycles. The second kappa shape index (κ2) is 5.61. The van der Waals surface area contributed by atoms with Gasteiger partial charge >= 0.3 is 5.97 Å². The van der Waals surface area contributed by atoms with Gasteiger partial charge in [-0.3, -0.25) is 0 Å². The molecule has 23 heavy (non-hydrogen) atoms. The van der Waals surface area contributed by atoms with Gasteiger partial charge in [0.05, 0.1) is 12.6 Å². The van der Waals surface area contributed by atoms with Crippen molar-refractivity contribution in [2.75, 3.05) is 7.11 Å². The molecule has 0 fully saturated rings. The first kappa shape index (κ1) is 15.4. The van der Waals surface area contributed by atoms with Crippen LogP contribution in [0.1, 0.15) is 38.5 Å². The molecule has 1 aromatic carbocycles. The van der Waals surface area contributed by atoms with Crippen molar-refractivity contribution >= 4 is 17.1 Å². The van der Waals surface area contributed by atoms with Gasteiger partial charge < -0.3 is 13.7 Å². The van der Waals surface area contributed by atoms with Crippen LogP contribution in [0.25, 0.3) is 11.1 Å². The highest BCUT2D eigenvalue weighted by atomic mass is 16.5. The molecule has 4 nitrogen and oxygen atoms in total. The van der Waals surface area contributed by atoms with Gasteiger partial charge in [-0.15, -0.1) is 0 Å². The number of rotatable bonds is 3. The Balaban J connectivity index is 2.17. The normalized spacial score (nSPS) is 11.2. The monoisotopic (exact) mass is 311 g/mol. The van der Waals surface area contributed by atoms with Gasteiger partial charge in [-0.1, -0.05) is 17.7 Å². The van der Waals surface area contributed by atoms with E-state index in [1.54, 1.807) is 6.07 Å². The molecule has 0 saturated carbocycles. The van der Waals surface area contributed by atoms with Gasteiger partial charge in [0.1, 0.15) is 11.5 Å². The van der Waals surface area contributed by atoms with Crippen LogP contribution in [0.3, 0.4) is 0 Å². The third kappa shape index (κ3) is 2.65. The molecule has 0 aliphatic rings. The van der Waals surface area contributed by atoms with Crippen molar-refractivity contribution < 1.29 is 13.9 Å². The summed E-state index contributed by atoms with van der Waals surface area (Å²) >= 11 is 0. The molecular weight excluding hydrogens is 290 g/mol. The second-order valence-electron chi connectivity index (χ2n) is 6.09. The van der Waals surface area contributed by atoms with Gasteiger partial charge in [-0.05, 0) is 44.4 Å². The first-order chi connectivity index (χ1) is 10.9. The summed E-state index contributed by atoms with van der Waals surface area (Å²) in [7, 11) is 1.40. The molecule has 4 heteroatoms. The molecule has 0 bridgehead atoms. The van der Waals surface area contributed by atoms with E-state index in [0.29, 0.717) is 17.8 Å². The minimum absolute atomic E-state index is 0.350. The Morgan fingerprint density at radius 2 is 1.74 bits per heavy atom. The standard InChI is InChI=1S/C19H21NO3/c1-11-6-12(2)15(13(3)7-11)10-20-16-8-14(4)23-18(16)9-17(20)19(21)22-5/h6-9H,10H2,1-5H3. The van der Waals surface area contributed by atoms with E-state index in [0.717, 1.165) is 11.3 Å². The minimum atomic E-state index is -0.350. The summed E-state index contributed by atoms with van der Waals surface area (Å²) in [5, 5.41) is 0. The summed E-state index contributed by atoms with van der Waals surface area (Å²) in [6, 6.07) is 8.05. The number of carbonyl (C=O) groups is 1. The largest absolute Gasteiger partial charge is 0.464 e. The van der Waals surface area contributed by atoms with Crippen LogP contribution < -0.4 is 0 Å². The van der Waals surface area contributed by atoms with Crippen molar-refractivity contribution in [3.63, 3.8) is 0 Å². The Hall–Kier alpha value is -2.49. The van der Waals surface area contributed by atoms with Crippen LogP contribution in [0.4, 0.5) is 0 Å². The van der Waals surface area contributed by atoms with Crippen LogP contribution in [0.15, 0.2) is 28.7 Å². The van der Waals surface area contributed by atoms with Crippen molar-refractivity contribution in [2.24, 2.45) is 0 Å². The molecule has 120 valence electrons. The van der Waals surface area contributed by atoms with Crippen molar-refractivity contribution in [1.29, 1.82) is 0 Å². The number of hydrogen-bond donors (Lipinski definition) is 0. The first-order valence-corrected chi connectivity index (χ1v) is 7.65. The molecule has 3 rings (SSSR count). The molecule has 0 amide bonds. The van der Waals surface area contributed by atoms with Gasteiger partial charge in [0.25, 0.3) is 0 Å². The van der Waals surface area contributed by atoms with Gasteiger partial charge in [0, 0.05) is 18.7 Å². The number of esters is 1. The van der Waals surface area contributed by atoms with Gasteiger partial charge in [0.2, 0.25) is 0 Å². The second-order valence-corrected chi connectivity index (χ2v) is 6.09. The fourth-order valence-corrected chi connectivity index (χ4v) is 3.23. The van der Waals surface area contributed by atoms with Crippen LogP contribution in [0.2, 0.25) is 0 Å². The number of aryl methyl sites for hydroxylation is 4. The first-order valence-electron chi connectivity index (χ1n) is 7.65. The zero-order valence-corrected chi connectivity index (χ0v) is 14.2. The van der Waals surface area contributed by atoms with Crippen LogP contribution in [-0.2, 0) is 11.3 Å². The van der Waals surface area contributed by atoms with Gasteiger partial charge in [-0.2, -0.15) is 0 Å². The molecule has 3 aromatic rings. The summed E-state index contributed by atoms with van der Waals surface area (Å²) in [5.74, 6) is 0.481. The van der Waals surface area contributed by atoms with E-state index in [2.05, 4.69) is 32.9 Å². The molecule has 0 atom stereocenters. The molecular formula is C19H21NO3. The molecule has 0 aliphatic carbocycles. The van der Waals surface area contributed by atoms with E-state index < -0.39 is 0 Å². The van der Waals surface area contributed by atoms with Crippen molar-refractivity contribution in [3.05, 3.63) is 58.0 Å². The number of methoxy groups -OCH3 is 1. The van der Waals surface area contributed by atoms with E-state index in [-0.39, 0.29) is 5.97 Å². The number of benzene rings is 1. The number of hydrogen-bond acceptors (Lipinski definition) is 3. The third-order valence-electron chi connectivity index (χ3n) is 4.26. The summed E-state index contributed by atoms with van der Waals surface area (Å²) < 4.78 is 12.6. The van der Waals surface area contributed by atoms with Crippen LogP contribution in [0, 0.1) is 27.7 Å². The summed E-state index contributed by atoms with van der Waals surface area (Å²) in [6.07, 6.45) is 0. The smallest absolute Gasteiger partial charge is 0.354 e. The van der Waals surface area contributed by atoms with E-state index >= 15 is 0 Å². The topological polar surface area (TPSA) is 44.4 Å². The Morgan fingerprint density at radius 3 is 2.35 bits per heavy atom. The van der Waals surface area contributed by atoms with E-state index in [1.165, 1.54) is 29.4 Å². The average Bonchev–Trinajstić information content (AvgIpc) is 2.98. The number of nitrogens with zero attached hydrogens (tertiary/aromatic N) is 1. The van der Waals surface area contributed by atoms with Gasteiger partial charge in [-0.25, -0.2) is 4.79 Å². The fourth-order valence-electron chi connectivity index (χ4n) is 3.23. The number of ether oxygens (including phenoxy) is 1. The molecule has 0 radical (unpaired) electrons. The predicted octanol–water partition coefficient (Wildman–Crippen LogP) is 4.30. The SMILES string of the molecule is COC(=O)c1cc2oc(C)cc2n1Cc1c(C)cc(C)cc1C. The number of aromatic nitrogens is 1. The molecule has 0 unspecified atom stereocenters. The zero-order valence-electron chi connectivity index (χ0n) is 14.2. The highest BCUT2D eigenvalue weighted by molar-refractivity contribution is 5.94.